The highest BCUT2D eigenvalue weighted by molar-refractivity contribution is 7.09. The van der Waals surface area contributed by atoms with Crippen LogP contribution in [0.2, 0.25) is 0 Å². The molecule has 0 aliphatic heterocycles. The minimum Gasteiger partial charge on any atom is -0.384 e. The lowest BCUT2D eigenvalue weighted by Gasteiger charge is -2.19. The number of methoxy groups -OCH3 is 1. The second-order valence-corrected chi connectivity index (χ2v) is 5.21. The van der Waals surface area contributed by atoms with Crippen LogP contribution in [0.15, 0.2) is 18.3 Å². The summed E-state index contributed by atoms with van der Waals surface area (Å²) in [4.78, 5) is 11.1. The van der Waals surface area contributed by atoms with Crippen molar-refractivity contribution in [2.24, 2.45) is 0 Å². The highest BCUT2D eigenvalue weighted by Crippen LogP contribution is 2.20. The first kappa shape index (κ1) is 15.7. The molecular weight excluding hydrogens is 286 g/mol. The van der Waals surface area contributed by atoms with Gasteiger partial charge in [0, 0.05) is 38.2 Å². The first-order chi connectivity index (χ1) is 10.3. The summed E-state index contributed by atoms with van der Waals surface area (Å²) in [6.07, 6.45) is 2.55. The molecule has 0 aliphatic rings. The maximum Gasteiger partial charge on any atom is 0.207 e. The number of nitrogens with zero attached hydrogens (tertiary/aromatic N) is 4. The Kier molecular flexibility index (Phi) is 5.89. The largest absolute Gasteiger partial charge is 0.384 e. The molecule has 2 aromatic rings. The Bertz CT molecular complexity index is 539. The Labute approximate surface area is 129 Å². The van der Waals surface area contributed by atoms with Crippen molar-refractivity contribution in [3.63, 3.8) is 0 Å². The molecule has 0 atom stereocenters. The first-order valence-corrected chi connectivity index (χ1v) is 7.83. The molecule has 1 N–H and O–H groups in total. The average Bonchev–Trinajstić information content (AvgIpc) is 2.95. The maximum atomic E-state index is 5.02. The predicted octanol–water partition coefficient (Wildman–Crippen LogP) is 2.71. The van der Waals surface area contributed by atoms with Gasteiger partial charge in [0.2, 0.25) is 5.13 Å². The molecule has 114 valence electrons. The fourth-order valence-corrected chi connectivity index (χ4v) is 2.55. The molecule has 0 aromatic carbocycles. The predicted molar refractivity (Wildman–Crippen MR) is 86.6 cm³/mol. The molecule has 0 aliphatic carbocycles. The van der Waals surface area contributed by atoms with Gasteiger partial charge in [0.1, 0.15) is 11.6 Å². The van der Waals surface area contributed by atoms with Crippen molar-refractivity contribution in [1.82, 2.24) is 14.3 Å². The summed E-state index contributed by atoms with van der Waals surface area (Å²) in [5.74, 6) is 1.79. The molecule has 0 spiro atoms. The van der Waals surface area contributed by atoms with Gasteiger partial charge in [0.05, 0.1) is 18.5 Å². The zero-order valence-electron chi connectivity index (χ0n) is 12.7. The van der Waals surface area contributed by atoms with Crippen molar-refractivity contribution >= 4 is 28.2 Å². The minimum atomic E-state index is 0.635. The summed E-state index contributed by atoms with van der Waals surface area (Å²) in [6, 6.07) is 4.03. The van der Waals surface area contributed by atoms with E-state index in [9.17, 15) is 0 Å². The van der Waals surface area contributed by atoms with Crippen LogP contribution in [0.4, 0.5) is 16.6 Å². The van der Waals surface area contributed by atoms with Crippen LogP contribution in [0.1, 0.15) is 19.7 Å². The zero-order valence-corrected chi connectivity index (χ0v) is 13.5. The molecule has 0 saturated heterocycles. The van der Waals surface area contributed by atoms with Gasteiger partial charge < -0.3 is 15.0 Å². The Balaban J connectivity index is 1.98. The zero-order chi connectivity index (χ0) is 15.1. The Morgan fingerprint density at radius 2 is 2.10 bits per heavy atom. The Morgan fingerprint density at radius 3 is 2.71 bits per heavy atom. The van der Waals surface area contributed by atoms with E-state index in [-0.39, 0.29) is 0 Å². The molecule has 0 radical (unpaired) electrons. The summed E-state index contributed by atoms with van der Waals surface area (Å²) >= 11 is 1.35. The first-order valence-electron chi connectivity index (χ1n) is 7.06. The number of rotatable bonds is 8. The monoisotopic (exact) mass is 307 g/mol. The van der Waals surface area contributed by atoms with Crippen molar-refractivity contribution in [2.75, 3.05) is 37.0 Å². The van der Waals surface area contributed by atoms with Crippen molar-refractivity contribution in [2.45, 2.75) is 20.3 Å². The van der Waals surface area contributed by atoms with E-state index in [0.29, 0.717) is 6.61 Å². The number of anilines is 3. The molecule has 2 rings (SSSR count). The topological polar surface area (TPSA) is 63.2 Å². The summed E-state index contributed by atoms with van der Waals surface area (Å²) < 4.78 is 9.30. The minimum absolute atomic E-state index is 0.635. The van der Waals surface area contributed by atoms with Crippen molar-refractivity contribution in [1.29, 1.82) is 0 Å². The molecule has 2 aromatic heterocycles. The Hall–Kier alpha value is -1.73. The van der Waals surface area contributed by atoms with E-state index in [1.54, 1.807) is 7.11 Å². The van der Waals surface area contributed by atoms with Crippen LogP contribution in [0.3, 0.4) is 0 Å². The standard InChI is InChI=1S/C14H21N5OS/c1-4-19(5-2)13-7-6-11(10-15-13)16-14-17-12(18-21-14)8-9-20-3/h6-7,10H,4-5,8-9H2,1-3H3,(H,16,17,18). The summed E-state index contributed by atoms with van der Waals surface area (Å²) in [7, 11) is 1.68. The summed E-state index contributed by atoms with van der Waals surface area (Å²) in [5, 5.41) is 4.00. The van der Waals surface area contributed by atoms with Crippen LogP contribution < -0.4 is 10.2 Å². The molecule has 2 heterocycles. The lowest BCUT2D eigenvalue weighted by atomic mass is 10.3. The lowest BCUT2D eigenvalue weighted by Crippen LogP contribution is -2.22. The fourth-order valence-electron chi connectivity index (χ4n) is 1.92. The van der Waals surface area contributed by atoms with Gasteiger partial charge in [-0.3, -0.25) is 0 Å². The Morgan fingerprint density at radius 1 is 1.29 bits per heavy atom. The second-order valence-electron chi connectivity index (χ2n) is 4.46. The molecule has 0 saturated carbocycles. The highest BCUT2D eigenvalue weighted by Gasteiger charge is 2.06. The van der Waals surface area contributed by atoms with E-state index in [4.69, 9.17) is 4.74 Å². The lowest BCUT2D eigenvalue weighted by molar-refractivity contribution is 0.201. The third kappa shape index (κ3) is 4.37. The van der Waals surface area contributed by atoms with E-state index in [2.05, 4.69) is 38.4 Å². The number of ether oxygens (including phenoxy) is 1. The number of nitrogens with one attached hydrogen (secondary N) is 1. The van der Waals surface area contributed by atoms with E-state index >= 15 is 0 Å². The molecular formula is C14H21N5OS. The van der Waals surface area contributed by atoms with Crippen LogP contribution in [0, 0.1) is 0 Å². The third-order valence-corrected chi connectivity index (χ3v) is 3.75. The molecule has 0 fully saturated rings. The number of hydrogen-bond donors (Lipinski definition) is 1. The summed E-state index contributed by atoms with van der Waals surface area (Å²) in [5.41, 5.74) is 0.917. The van der Waals surface area contributed by atoms with Crippen molar-refractivity contribution in [3.8, 4) is 0 Å². The van der Waals surface area contributed by atoms with E-state index < -0.39 is 0 Å². The van der Waals surface area contributed by atoms with Crippen LogP contribution in [0.25, 0.3) is 0 Å². The number of hydrogen-bond acceptors (Lipinski definition) is 7. The van der Waals surface area contributed by atoms with Gasteiger partial charge in [-0.1, -0.05) is 0 Å². The van der Waals surface area contributed by atoms with Crippen LogP contribution >= 0.6 is 11.5 Å². The van der Waals surface area contributed by atoms with Crippen molar-refractivity contribution in [3.05, 3.63) is 24.2 Å². The third-order valence-electron chi connectivity index (χ3n) is 3.08. The van der Waals surface area contributed by atoms with Gasteiger partial charge in [-0.25, -0.2) is 9.97 Å². The van der Waals surface area contributed by atoms with Gasteiger partial charge in [0.25, 0.3) is 0 Å². The molecule has 21 heavy (non-hydrogen) atoms. The number of aromatic nitrogens is 3. The molecule has 0 unspecified atom stereocenters. The van der Waals surface area contributed by atoms with Crippen molar-refractivity contribution < 1.29 is 4.74 Å². The normalized spacial score (nSPS) is 10.6. The SMILES string of the molecule is CCN(CC)c1ccc(Nc2nc(CCOC)ns2)cn1. The van der Waals surface area contributed by atoms with E-state index in [1.165, 1.54) is 11.5 Å². The van der Waals surface area contributed by atoms with Gasteiger partial charge in [-0.2, -0.15) is 4.37 Å². The van der Waals surface area contributed by atoms with Gasteiger partial charge in [-0.15, -0.1) is 0 Å². The number of pyridine rings is 1. The average molecular weight is 307 g/mol. The van der Waals surface area contributed by atoms with Gasteiger partial charge in [-0.05, 0) is 26.0 Å². The summed E-state index contributed by atoms with van der Waals surface area (Å²) in [6.45, 7) is 6.79. The smallest absolute Gasteiger partial charge is 0.207 e. The highest BCUT2D eigenvalue weighted by atomic mass is 32.1. The van der Waals surface area contributed by atoms with Crippen LogP contribution in [-0.2, 0) is 11.2 Å². The maximum absolute atomic E-state index is 5.02. The van der Waals surface area contributed by atoms with Crippen LogP contribution in [-0.4, -0.2) is 41.1 Å². The fraction of sp³-hybridized carbons (Fsp3) is 0.500. The molecule has 7 heteroatoms. The molecule has 6 nitrogen and oxygen atoms in total. The van der Waals surface area contributed by atoms with Gasteiger partial charge >= 0.3 is 0 Å². The molecule has 0 amide bonds. The molecule has 0 bridgehead atoms. The quantitative estimate of drug-likeness (QED) is 0.809. The van der Waals surface area contributed by atoms with Gasteiger partial charge in [0.15, 0.2) is 0 Å². The van der Waals surface area contributed by atoms with Crippen LogP contribution in [0.5, 0.6) is 0 Å². The van der Waals surface area contributed by atoms with E-state index in [0.717, 1.165) is 42.0 Å². The second kappa shape index (κ2) is 7.90. The van der Waals surface area contributed by atoms with E-state index in [1.807, 2.05) is 18.3 Å².